The Morgan fingerprint density at radius 1 is 1.43 bits per heavy atom. The molecule has 0 bridgehead atoms. The summed E-state index contributed by atoms with van der Waals surface area (Å²) in [5, 5.41) is 0. The first-order chi connectivity index (χ1) is 6.66. The Hall–Kier alpha value is -0.930. The molecule has 3 nitrogen and oxygen atoms in total. The van der Waals surface area contributed by atoms with Crippen molar-refractivity contribution in [2.75, 3.05) is 13.2 Å². The Morgan fingerprint density at radius 2 is 2.07 bits per heavy atom. The number of allylic oxidation sites excluding steroid dienone is 3. The summed E-state index contributed by atoms with van der Waals surface area (Å²) in [6, 6.07) is 0. The van der Waals surface area contributed by atoms with Crippen LogP contribution < -0.4 is 0 Å². The molecule has 0 aromatic carbocycles. The molecular weight excluding hydrogens is 180 g/mol. The summed E-state index contributed by atoms with van der Waals surface area (Å²) >= 11 is 0. The van der Waals surface area contributed by atoms with Crippen molar-refractivity contribution in [3.63, 3.8) is 0 Å². The number of rotatable bonds is 4. The average Bonchev–Trinajstić information content (AvgIpc) is 2.53. The van der Waals surface area contributed by atoms with Crippen molar-refractivity contribution in [3.05, 3.63) is 23.8 Å². The second-order valence-electron chi connectivity index (χ2n) is 3.48. The summed E-state index contributed by atoms with van der Waals surface area (Å²) in [5.41, 5.74) is 0.932. The maximum absolute atomic E-state index is 10.1. The van der Waals surface area contributed by atoms with E-state index in [0.717, 1.165) is 11.9 Å². The Balaban J connectivity index is 2.39. The third kappa shape index (κ3) is 3.44. The zero-order valence-electron chi connectivity index (χ0n) is 8.66. The number of carbonyl (C=O) groups excluding carboxylic acids is 1. The van der Waals surface area contributed by atoms with Crippen LogP contribution in [0.2, 0.25) is 0 Å². The smallest absolute Gasteiger partial charge is 0.169 e. The van der Waals surface area contributed by atoms with E-state index in [1.807, 2.05) is 26.0 Å². The first-order valence-corrected chi connectivity index (χ1v) is 4.73. The lowest BCUT2D eigenvalue weighted by molar-refractivity contribution is -0.138. The van der Waals surface area contributed by atoms with E-state index in [9.17, 15) is 4.79 Å². The van der Waals surface area contributed by atoms with Gasteiger partial charge in [-0.15, -0.1) is 0 Å². The van der Waals surface area contributed by atoms with E-state index >= 15 is 0 Å². The van der Waals surface area contributed by atoms with E-state index in [4.69, 9.17) is 9.47 Å². The monoisotopic (exact) mass is 196 g/mol. The highest BCUT2D eigenvalue weighted by Gasteiger charge is 2.28. The van der Waals surface area contributed by atoms with E-state index in [-0.39, 0.29) is 0 Å². The second kappa shape index (κ2) is 5.08. The number of carbonyl (C=O) groups is 1. The summed E-state index contributed by atoms with van der Waals surface area (Å²) in [6.45, 7) is 5.12. The molecule has 1 fully saturated rings. The maximum Gasteiger partial charge on any atom is 0.169 e. The lowest BCUT2D eigenvalue weighted by Gasteiger charge is -2.19. The fourth-order valence-corrected chi connectivity index (χ4v) is 1.30. The molecule has 1 saturated heterocycles. The van der Waals surface area contributed by atoms with Crippen LogP contribution in [0.15, 0.2) is 23.8 Å². The summed E-state index contributed by atoms with van der Waals surface area (Å²) in [4.78, 5) is 10.1. The number of aldehydes is 1. The van der Waals surface area contributed by atoms with E-state index in [2.05, 4.69) is 0 Å². The molecule has 1 aliphatic rings. The van der Waals surface area contributed by atoms with Crippen LogP contribution in [-0.4, -0.2) is 25.3 Å². The molecule has 1 heterocycles. The number of hydrogen-bond donors (Lipinski definition) is 0. The minimum atomic E-state index is -0.474. The summed E-state index contributed by atoms with van der Waals surface area (Å²) in [7, 11) is 0. The topological polar surface area (TPSA) is 35.5 Å². The van der Waals surface area contributed by atoms with E-state index in [1.165, 1.54) is 6.08 Å². The van der Waals surface area contributed by atoms with Gasteiger partial charge in [-0.1, -0.05) is 12.2 Å². The van der Waals surface area contributed by atoms with Crippen LogP contribution in [0.1, 0.15) is 20.3 Å². The molecule has 0 spiro atoms. The molecule has 0 N–H and O–H groups in total. The van der Waals surface area contributed by atoms with Gasteiger partial charge in [0.1, 0.15) is 6.29 Å². The highest BCUT2D eigenvalue weighted by molar-refractivity contribution is 5.66. The van der Waals surface area contributed by atoms with Crippen LogP contribution in [0.4, 0.5) is 0 Å². The Kier molecular flexibility index (Phi) is 4.04. The largest absolute Gasteiger partial charge is 0.348 e. The minimum Gasteiger partial charge on any atom is -0.348 e. The second-order valence-corrected chi connectivity index (χ2v) is 3.48. The first-order valence-electron chi connectivity index (χ1n) is 4.73. The molecule has 0 radical (unpaired) electrons. The fraction of sp³-hybridized carbons (Fsp3) is 0.545. The van der Waals surface area contributed by atoms with E-state index < -0.39 is 5.79 Å². The van der Waals surface area contributed by atoms with Gasteiger partial charge in [-0.3, -0.25) is 4.79 Å². The quantitative estimate of drug-likeness (QED) is 0.391. The highest BCUT2D eigenvalue weighted by atomic mass is 16.7. The first kappa shape index (κ1) is 11.1. The molecule has 78 valence electrons. The van der Waals surface area contributed by atoms with Crippen LogP contribution in [0.3, 0.4) is 0 Å². The van der Waals surface area contributed by atoms with Crippen LogP contribution in [0.25, 0.3) is 0 Å². The van der Waals surface area contributed by atoms with Crippen LogP contribution >= 0.6 is 0 Å². The molecule has 0 atom stereocenters. The summed E-state index contributed by atoms with van der Waals surface area (Å²) < 4.78 is 10.8. The van der Waals surface area contributed by atoms with Gasteiger partial charge < -0.3 is 9.47 Å². The number of ether oxygens (including phenoxy) is 2. The molecule has 3 heteroatoms. The zero-order chi connectivity index (χ0) is 10.4. The molecule has 1 rings (SSSR count). The van der Waals surface area contributed by atoms with Gasteiger partial charge in [0.15, 0.2) is 5.79 Å². The van der Waals surface area contributed by atoms with Crippen molar-refractivity contribution >= 4 is 6.29 Å². The van der Waals surface area contributed by atoms with Crippen molar-refractivity contribution in [2.45, 2.75) is 26.1 Å². The molecule has 0 saturated carbocycles. The summed E-state index contributed by atoms with van der Waals surface area (Å²) in [5.74, 6) is -0.474. The average molecular weight is 196 g/mol. The lowest BCUT2D eigenvalue weighted by atomic mass is 10.2. The molecule has 1 aliphatic heterocycles. The van der Waals surface area contributed by atoms with E-state index in [1.54, 1.807) is 0 Å². The lowest BCUT2D eigenvalue weighted by Crippen LogP contribution is -2.24. The van der Waals surface area contributed by atoms with Gasteiger partial charge in [0, 0.05) is 6.42 Å². The van der Waals surface area contributed by atoms with Crippen molar-refractivity contribution in [3.8, 4) is 0 Å². The molecule has 0 aromatic heterocycles. The molecular formula is C11H16O3. The van der Waals surface area contributed by atoms with Gasteiger partial charge >= 0.3 is 0 Å². The van der Waals surface area contributed by atoms with Gasteiger partial charge in [0.05, 0.1) is 13.2 Å². The zero-order valence-corrected chi connectivity index (χ0v) is 8.66. The third-order valence-electron chi connectivity index (χ3n) is 2.10. The van der Waals surface area contributed by atoms with Gasteiger partial charge in [-0.05, 0) is 25.5 Å². The standard InChI is InChI=1S/C11H16O3/c1-10(5-7-12)4-3-6-11(2)13-8-9-14-11/h3-5,7H,6,8-9H2,1-2H3/b4-3+,10-5-. The Morgan fingerprint density at radius 3 is 2.64 bits per heavy atom. The fourth-order valence-electron chi connectivity index (χ4n) is 1.30. The Bertz CT molecular complexity index is 247. The third-order valence-corrected chi connectivity index (χ3v) is 2.10. The van der Waals surface area contributed by atoms with E-state index in [0.29, 0.717) is 19.6 Å². The van der Waals surface area contributed by atoms with Gasteiger partial charge in [-0.25, -0.2) is 0 Å². The predicted molar refractivity (Wildman–Crippen MR) is 53.9 cm³/mol. The van der Waals surface area contributed by atoms with Gasteiger partial charge in [0.2, 0.25) is 0 Å². The van der Waals surface area contributed by atoms with Crippen LogP contribution in [-0.2, 0) is 14.3 Å². The summed E-state index contributed by atoms with van der Waals surface area (Å²) in [6.07, 6.45) is 6.86. The predicted octanol–water partition coefficient (Wildman–Crippen LogP) is 1.84. The van der Waals surface area contributed by atoms with Crippen LogP contribution in [0.5, 0.6) is 0 Å². The van der Waals surface area contributed by atoms with Gasteiger partial charge in [-0.2, -0.15) is 0 Å². The normalized spacial score (nSPS) is 21.7. The molecule has 0 unspecified atom stereocenters. The molecule has 0 aromatic rings. The Labute approximate surface area is 84.4 Å². The maximum atomic E-state index is 10.1. The molecule has 14 heavy (non-hydrogen) atoms. The SMILES string of the molecule is CC(=C/C=O)/C=C/CC1(C)OCCO1. The van der Waals surface area contributed by atoms with Crippen LogP contribution in [0, 0.1) is 0 Å². The van der Waals surface area contributed by atoms with Crippen molar-refractivity contribution in [2.24, 2.45) is 0 Å². The molecule has 0 aliphatic carbocycles. The highest BCUT2D eigenvalue weighted by Crippen LogP contribution is 2.22. The minimum absolute atomic E-state index is 0.474. The van der Waals surface area contributed by atoms with Crippen molar-refractivity contribution in [1.82, 2.24) is 0 Å². The molecule has 0 amide bonds. The van der Waals surface area contributed by atoms with Crippen molar-refractivity contribution < 1.29 is 14.3 Å². The van der Waals surface area contributed by atoms with Crippen molar-refractivity contribution in [1.29, 1.82) is 0 Å². The number of hydrogen-bond acceptors (Lipinski definition) is 3. The van der Waals surface area contributed by atoms with Gasteiger partial charge in [0.25, 0.3) is 0 Å².